The minimum absolute atomic E-state index is 0.00748. The van der Waals surface area contributed by atoms with Crippen LogP contribution in [0.5, 0.6) is 0 Å². The zero-order valence-electron chi connectivity index (χ0n) is 16.3. The molecule has 2 atom stereocenters. The second-order valence-electron chi connectivity index (χ2n) is 8.08. The van der Waals surface area contributed by atoms with Gasteiger partial charge in [0.25, 0.3) is 5.91 Å². The molecule has 1 saturated carbocycles. The van der Waals surface area contributed by atoms with Gasteiger partial charge in [-0.1, -0.05) is 25.1 Å². The maximum atomic E-state index is 14.1. The first-order valence-electron chi connectivity index (χ1n) is 10.3. The molecule has 0 radical (unpaired) electrons. The number of rotatable bonds is 4. The van der Waals surface area contributed by atoms with Crippen molar-refractivity contribution in [3.8, 4) is 0 Å². The lowest BCUT2D eigenvalue weighted by Crippen LogP contribution is -2.44. The standard InChI is InChI=1S/C23H29FN2O/c1-3-18-7-4-5-14-25(18)23(27)17-10-13-22(26(15-17)19-11-12-19)20-8-6-9-21(24)16(20)2/h6,8-10,13,15,18-19,22H,3-5,7,11-12,14H2,1-2H3. The van der Waals surface area contributed by atoms with Gasteiger partial charge in [-0.2, -0.15) is 0 Å². The van der Waals surface area contributed by atoms with Gasteiger partial charge in [-0.3, -0.25) is 4.79 Å². The number of piperidine rings is 1. The SMILES string of the molecule is CCC1CCCCN1C(=O)C1=CN(C2CC2)C(c2cccc(F)c2C)C=C1. The van der Waals surface area contributed by atoms with Crippen molar-refractivity contribution < 1.29 is 9.18 Å². The fourth-order valence-electron chi connectivity index (χ4n) is 4.48. The molecule has 4 heteroatoms. The van der Waals surface area contributed by atoms with Crippen LogP contribution in [0.3, 0.4) is 0 Å². The molecule has 1 amide bonds. The molecule has 27 heavy (non-hydrogen) atoms. The van der Waals surface area contributed by atoms with Gasteiger partial charge in [0, 0.05) is 24.8 Å². The van der Waals surface area contributed by atoms with Crippen molar-refractivity contribution in [3.63, 3.8) is 0 Å². The number of carbonyl (C=O) groups excluding carboxylic acids is 1. The number of carbonyl (C=O) groups is 1. The Morgan fingerprint density at radius 2 is 2.04 bits per heavy atom. The molecule has 0 N–H and O–H groups in total. The van der Waals surface area contributed by atoms with Gasteiger partial charge in [-0.05, 0) is 68.7 Å². The number of halogens is 1. The summed E-state index contributed by atoms with van der Waals surface area (Å²) < 4.78 is 14.1. The van der Waals surface area contributed by atoms with Gasteiger partial charge in [0.2, 0.25) is 0 Å². The predicted molar refractivity (Wildman–Crippen MR) is 106 cm³/mol. The summed E-state index contributed by atoms with van der Waals surface area (Å²) in [5, 5.41) is 0. The zero-order chi connectivity index (χ0) is 19.0. The summed E-state index contributed by atoms with van der Waals surface area (Å²) in [6.07, 6.45) is 12.8. The number of likely N-dealkylation sites (tertiary alicyclic amines) is 1. The van der Waals surface area contributed by atoms with Gasteiger partial charge >= 0.3 is 0 Å². The van der Waals surface area contributed by atoms with E-state index in [0.29, 0.717) is 17.6 Å². The minimum atomic E-state index is -0.165. The van der Waals surface area contributed by atoms with E-state index in [1.807, 2.05) is 25.3 Å². The number of nitrogens with zero attached hydrogens (tertiary/aromatic N) is 2. The Balaban J connectivity index is 1.61. The normalized spacial score (nSPS) is 25.5. The summed E-state index contributed by atoms with van der Waals surface area (Å²) in [6.45, 7) is 4.87. The van der Waals surface area contributed by atoms with Crippen LogP contribution in [0, 0.1) is 12.7 Å². The van der Waals surface area contributed by atoms with Crippen molar-refractivity contribution in [2.75, 3.05) is 6.54 Å². The molecule has 144 valence electrons. The van der Waals surface area contributed by atoms with Crippen LogP contribution < -0.4 is 0 Å². The van der Waals surface area contributed by atoms with Gasteiger partial charge in [-0.25, -0.2) is 4.39 Å². The topological polar surface area (TPSA) is 23.6 Å². The third kappa shape index (κ3) is 3.54. The molecule has 1 saturated heterocycles. The average Bonchev–Trinajstić information content (AvgIpc) is 3.54. The smallest absolute Gasteiger partial charge is 0.255 e. The maximum Gasteiger partial charge on any atom is 0.255 e. The monoisotopic (exact) mass is 368 g/mol. The van der Waals surface area contributed by atoms with Crippen LogP contribution in [0.25, 0.3) is 0 Å². The summed E-state index contributed by atoms with van der Waals surface area (Å²) in [4.78, 5) is 17.5. The van der Waals surface area contributed by atoms with E-state index >= 15 is 0 Å². The van der Waals surface area contributed by atoms with Crippen LogP contribution in [-0.4, -0.2) is 34.3 Å². The Kier molecular flexibility index (Phi) is 5.07. The van der Waals surface area contributed by atoms with Crippen LogP contribution in [0.15, 0.2) is 42.1 Å². The van der Waals surface area contributed by atoms with Gasteiger partial charge in [0.15, 0.2) is 0 Å². The Morgan fingerprint density at radius 3 is 2.78 bits per heavy atom. The van der Waals surface area contributed by atoms with Gasteiger partial charge in [0.05, 0.1) is 11.6 Å². The van der Waals surface area contributed by atoms with E-state index in [1.165, 1.54) is 12.5 Å². The molecule has 3 aliphatic rings. The summed E-state index contributed by atoms with van der Waals surface area (Å²) >= 11 is 0. The molecule has 0 bridgehead atoms. The van der Waals surface area contributed by atoms with E-state index in [1.54, 1.807) is 6.07 Å². The Hall–Kier alpha value is -2.10. The third-order valence-electron chi connectivity index (χ3n) is 6.27. The molecule has 2 unspecified atom stereocenters. The third-order valence-corrected chi connectivity index (χ3v) is 6.27. The fraction of sp³-hybridized carbons (Fsp3) is 0.522. The first kappa shape index (κ1) is 18.3. The van der Waals surface area contributed by atoms with Crippen molar-refractivity contribution in [1.82, 2.24) is 9.80 Å². The Bertz CT molecular complexity index is 781. The highest BCUT2D eigenvalue weighted by Crippen LogP contribution is 2.39. The van der Waals surface area contributed by atoms with E-state index in [2.05, 4.69) is 22.8 Å². The molecule has 3 nitrogen and oxygen atoms in total. The maximum absolute atomic E-state index is 14.1. The van der Waals surface area contributed by atoms with Crippen LogP contribution >= 0.6 is 0 Å². The highest BCUT2D eigenvalue weighted by Gasteiger charge is 2.36. The summed E-state index contributed by atoms with van der Waals surface area (Å²) in [5.41, 5.74) is 2.46. The Morgan fingerprint density at radius 1 is 1.22 bits per heavy atom. The van der Waals surface area contributed by atoms with Crippen molar-refractivity contribution >= 4 is 5.91 Å². The molecule has 2 fully saturated rings. The number of benzene rings is 1. The van der Waals surface area contributed by atoms with E-state index in [-0.39, 0.29) is 17.8 Å². The number of hydrogen-bond acceptors (Lipinski definition) is 2. The van der Waals surface area contributed by atoms with Crippen LogP contribution in [0.4, 0.5) is 4.39 Å². The van der Waals surface area contributed by atoms with Crippen molar-refractivity contribution in [1.29, 1.82) is 0 Å². The molecule has 0 spiro atoms. The largest absolute Gasteiger partial charge is 0.363 e. The predicted octanol–water partition coefficient (Wildman–Crippen LogP) is 4.88. The summed E-state index contributed by atoms with van der Waals surface area (Å²) in [5.74, 6) is -0.0144. The molecular weight excluding hydrogens is 339 g/mol. The Labute approximate surface area is 161 Å². The molecule has 0 aromatic heterocycles. The lowest BCUT2D eigenvalue weighted by Gasteiger charge is -2.38. The molecule has 1 aliphatic carbocycles. The van der Waals surface area contributed by atoms with Gasteiger partial charge in [0.1, 0.15) is 5.82 Å². The highest BCUT2D eigenvalue weighted by atomic mass is 19.1. The molecule has 2 heterocycles. The lowest BCUT2D eigenvalue weighted by atomic mass is 9.95. The minimum Gasteiger partial charge on any atom is -0.363 e. The van der Waals surface area contributed by atoms with Crippen LogP contribution in [-0.2, 0) is 4.79 Å². The van der Waals surface area contributed by atoms with Crippen LogP contribution in [0.1, 0.15) is 62.6 Å². The van der Waals surface area contributed by atoms with Crippen molar-refractivity contribution in [2.24, 2.45) is 0 Å². The zero-order valence-corrected chi connectivity index (χ0v) is 16.3. The van der Waals surface area contributed by atoms with E-state index in [0.717, 1.165) is 49.8 Å². The first-order chi connectivity index (χ1) is 13.1. The molecule has 4 rings (SSSR count). The van der Waals surface area contributed by atoms with Gasteiger partial charge < -0.3 is 9.80 Å². The fourth-order valence-corrected chi connectivity index (χ4v) is 4.48. The van der Waals surface area contributed by atoms with Crippen molar-refractivity contribution in [2.45, 2.75) is 70.5 Å². The molecule has 2 aliphatic heterocycles. The summed E-state index contributed by atoms with van der Waals surface area (Å²) in [7, 11) is 0. The quantitative estimate of drug-likeness (QED) is 0.756. The molecular formula is C23H29FN2O. The average molecular weight is 368 g/mol. The molecule has 1 aromatic rings. The van der Waals surface area contributed by atoms with Crippen molar-refractivity contribution in [3.05, 3.63) is 59.1 Å². The van der Waals surface area contributed by atoms with E-state index in [4.69, 9.17) is 0 Å². The first-order valence-corrected chi connectivity index (χ1v) is 10.3. The summed E-state index contributed by atoms with van der Waals surface area (Å²) in [6, 6.07) is 6.11. The van der Waals surface area contributed by atoms with Gasteiger partial charge in [-0.15, -0.1) is 0 Å². The highest BCUT2D eigenvalue weighted by molar-refractivity contribution is 5.96. The number of amides is 1. The molecule has 1 aromatic carbocycles. The number of hydrogen-bond donors (Lipinski definition) is 0. The lowest BCUT2D eigenvalue weighted by molar-refractivity contribution is -0.130. The second kappa shape index (κ2) is 7.49. The van der Waals surface area contributed by atoms with E-state index in [9.17, 15) is 9.18 Å². The van der Waals surface area contributed by atoms with E-state index < -0.39 is 0 Å². The van der Waals surface area contributed by atoms with Crippen LogP contribution in [0.2, 0.25) is 0 Å². The second-order valence-corrected chi connectivity index (χ2v) is 8.08.